The fourth-order valence-corrected chi connectivity index (χ4v) is 4.47. The molecule has 1 aliphatic heterocycles. The quantitative estimate of drug-likeness (QED) is 0.737. The van der Waals surface area contributed by atoms with Gasteiger partial charge in [-0.05, 0) is 47.2 Å². The standard InChI is InChI=1S/C21H23BrN2O.ClH/c22-19-7-5-18(6-8-19)21(9-1-2-10-21)20(25)24-12-15-3-4-16-13-23-14-17(16)11-15;/h3-8,11,23H,1-2,9-10,12-14H2,(H,24,25);1H. The van der Waals surface area contributed by atoms with Gasteiger partial charge in [0, 0.05) is 24.1 Å². The van der Waals surface area contributed by atoms with E-state index in [4.69, 9.17) is 0 Å². The summed E-state index contributed by atoms with van der Waals surface area (Å²) in [5.41, 5.74) is 4.69. The van der Waals surface area contributed by atoms with Gasteiger partial charge in [-0.15, -0.1) is 12.4 Å². The Hall–Kier alpha value is -1.36. The molecule has 1 heterocycles. The summed E-state index contributed by atoms with van der Waals surface area (Å²) in [6, 6.07) is 14.8. The molecule has 138 valence electrons. The molecule has 1 fully saturated rings. The first-order valence-corrected chi connectivity index (χ1v) is 9.82. The van der Waals surface area contributed by atoms with Gasteiger partial charge in [-0.3, -0.25) is 4.79 Å². The molecule has 0 radical (unpaired) electrons. The number of fused-ring (bicyclic) bond motifs is 1. The molecule has 0 spiro atoms. The monoisotopic (exact) mass is 434 g/mol. The number of nitrogens with one attached hydrogen (secondary N) is 2. The maximum atomic E-state index is 13.1. The second-order valence-corrected chi connectivity index (χ2v) is 8.10. The maximum absolute atomic E-state index is 13.1. The summed E-state index contributed by atoms with van der Waals surface area (Å²) < 4.78 is 1.05. The van der Waals surface area contributed by atoms with Gasteiger partial charge in [0.1, 0.15) is 0 Å². The highest BCUT2D eigenvalue weighted by molar-refractivity contribution is 9.10. The van der Waals surface area contributed by atoms with Crippen molar-refractivity contribution in [2.75, 3.05) is 0 Å². The lowest BCUT2D eigenvalue weighted by atomic mass is 9.78. The van der Waals surface area contributed by atoms with Crippen LogP contribution in [0.15, 0.2) is 46.9 Å². The Labute approximate surface area is 169 Å². The lowest BCUT2D eigenvalue weighted by Gasteiger charge is -2.28. The third kappa shape index (κ3) is 3.68. The van der Waals surface area contributed by atoms with Crippen molar-refractivity contribution >= 4 is 34.2 Å². The van der Waals surface area contributed by atoms with Crippen molar-refractivity contribution in [3.63, 3.8) is 0 Å². The first-order valence-electron chi connectivity index (χ1n) is 9.03. The largest absolute Gasteiger partial charge is 0.351 e. The third-order valence-corrected chi connectivity index (χ3v) is 6.17. The molecule has 2 N–H and O–H groups in total. The van der Waals surface area contributed by atoms with Crippen LogP contribution in [0.4, 0.5) is 0 Å². The van der Waals surface area contributed by atoms with E-state index >= 15 is 0 Å². The van der Waals surface area contributed by atoms with Crippen molar-refractivity contribution in [3.8, 4) is 0 Å². The van der Waals surface area contributed by atoms with Crippen LogP contribution >= 0.6 is 28.3 Å². The summed E-state index contributed by atoms with van der Waals surface area (Å²) in [5.74, 6) is 0.172. The molecule has 26 heavy (non-hydrogen) atoms. The smallest absolute Gasteiger partial charge is 0.230 e. The van der Waals surface area contributed by atoms with Crippen LogP contribution in [0.5, 0.6) is 0 Å². The number of halogens is 2. The van der Waals surface area contributed by atoms with Gasteiger partial charge >= 0.3 is 0 Å². The van der Waals surface area contributed by atoms with E-state index in [1.54, 1.807) is 0 Å². The highest BCUT2D eigenvalue weighted by atomic mass is 79.9. The van der Waals surface area contributed by atoms with E-state index in [-0.39, 0.29) is 23.7 Å². The van der Waals surface area contributed by atoms with E-state index in [0.717, 1.165) is 48.8 Å². The zero-order valence-corrected chi connectivity index (χ0v) is 17.1. The van der Waals surface area contributed by atoms with Crippen LogP contribution in [0, 0.1) is 0 Å². The molecule has 0 bridgehead atoms. The zero-order valence-electron chi connectivity index (χ0n) is 14.7. The van der Waals surface area contributed by atoms with E-state index in [1.807, 2.05) is 12.1 Å². The number of benzene rings is 2. The van der Waals surface area contributed by atoms with Gasteiger partial charge in [0.2, 0.25) is 5.91 Å². The normalized spacial score (nSPS) is 17.4. The fraction of sp³-hybridized carbons (Fsp3) is 0.381. The Bertz CT molecular complexity index is 785. The lowest BCUT2D eigenvalue weighted by Crippen LogP contribution is -2.42. The van der Waals surface area contributed by atoms with Crippen molar-refractivity contribution in [2.24, 2.45) is 0 Å². The van der Waals surface area contributed by atoms with Gasteiger partial charge in [-0.2, -0.15) is 0 Å². The van der Waals surface area contributed by atoms with E-state index in [1.165, 1.54) is 16.7 Å². The summed E-state index contributed by atoms with van der Waals surface area (Å²) in [6.07, 6.45) is 4.12. The van der Waals surface area contributed by atoms with Crippen LogP contribution in [0.25, 0.3) is 0 Å². The molecule has 3 nitrogen and oxygen atoms in total. The highest BCUT2D eigenvalue weighted by Crippen LogP contribution is 2.41. The first kappa shape index (κ1) is 19.4. The number of carbonyl (C=O) groups is 1. The molecule has 0 aromatic heterocycles. The first-order chi connectivity index (χ1) is 12.2. The number of amides is 1. The van der Waals surface area contributed by atoms with Crippen LogP contribution in [0.1, 0.15) is 47.9 Å². The molecular weight excluding hydrogens is 412 g/mol. The molecular formula is C21H24BrClN2O. The van der Waals surface area contributed by atoms with Crippen LogP contribution in [-0.2, 0) is 29.8 Å². The van der Waals surface area contributed by atoms with Gasteiger partial charge < -0.3 is 10.6 Å². The summed E-state index contributed by atoms with van der Waals surface area (Å²) in [5, 5.41) is 6.58. The van der Waals surface area contributed by atoms with Gasteiger partial charge in [-0.1, -0.05) is 59.1 Å². The summed E-state index contributed by atoms with van der Waals surface area (Å²) in [6.45, 7) is 2.49. The van der Waals surface area contributed by atoms with Gasteiger partial charge in [0.25, 0.3) is 0 Å². The Balaban J connectivity index is 0.00000196. The van der Waals surface area contributed by atoms with Crippen molar-refractivity contribution in [2.45, 2.75) is 50.7 Å². The molecule has 2 aromatic carbocycles. The van der Waals surface area contributed by atoms with Crippen LogP contribution < -0.4 is 10.6 Å². The Morgan fingerprint density at radius 2 is 1.73 bits per heavy atom. The van der Waals surface area contributed by atoms with Crippen molar-refractivity contribution in [3.05, 3.63) is 69.2 Å². The van der Waals surface area contributed by atoms with Crippen molar-refractivity contribution < 1.29 is 4.79 Å². The van der Waals surface area contributed by atoms with Gasteiger partial charge in [0.15, 0.2) is 0 Å². The zero-order chi connectivity index (χ0) is 17.3. The van der Waals surface area contributed by atoms with Crippen LogP contribution in [0.2, 0.25) is 0 Å². The Morgan fingerprint density at radius 1 is 1.04 bits per heavy atom. The minimum absolute atomic E-state index is 0. The molecule has 0 unspecified atom stereocenters. The molecule has 2 aromatic rings. The molecule has 4 rings (SSSR count). The number of hydrogen-bond acceptors (Lipinski definition) is 2. The molecule has 1 saturated carbocycles. The SMILES string of the molecule is Cl.O=C(NCc1ccc2c(c1)CNC2)C1(c2ccc(Br)cc2)CCCC1. The molecule has 5 heteroatoms. The van der Waals surface area contributed by atoms with Crippen LogP contribution in [0.3, 0.4) is 0 Å². The number of rotatable bonds is 4. The second-order valence-electron chi connectivity index (χ2n) is 7.19. The lowest BCUT2D eigenvalue weighted by molar-refractivity contribution is -0.126. The Morgan fingerprint density at radius 3 is 2.46 bits per heavy atom. The molecule has 0 atom stereocenters. The van der Waals surface area contributed by atoms with E-state index in [2.05, 4.69) is 56.9 Å². The minimum Gasteiger partial charge on any atom is -0.351 e. The average Bonchev–Trinajstić information content (AvgIpc) is 3.29. The summed E-state index contributed by atoms with van der Waals surface area (Å²) in [7, 11) is 0. The second kappa shape index (κ2) is 8.12. The maximum Gasteiger partial charge on any atom is 0.230 e. The fourth-order valence-electron chi connectivity index (χ4n) is 4.20. The van der Waals surface area contributed by atoms with Crippen molar-refractivity contribution in [1.82, 2.24) is 10.6 Å². The third-order valence-electron chi connectivity index (χ3n) is 5.64. The number of hydrogen-bond donors (Lipinski definition) is 2. The van der Waals surface area contributed by atoms with Gasteiger partial charge in [0.05, 0.1) is 5.41 Å². The molecule has 1 amide bonds. The Kier molecular flexibility index (Phi) is 6.06. The highest BCUT2D eigenvalue weighted by Gasteiger charge is 2.42. The summed E-state index contributed by atoms with van der Waals surface area (Å²) >= 11 is 3.49. The van der Waals surface area contributed by atoms with E-state index in [0.29, 0.717) is 6.54 Å². The average molecular weight is 436 g/mol. The van der Waals surface area contributed by atoms with E-state index in [9.17, 15) is 4.79 Å². The van der Waals surface area contributed by atoms with Gasteiger partial charge in [-0.25, -0.2) is 0 Å². The van der Waals surface area contributed by atoms with E-state index < -0.39 is 0 Å². The number of carbonyl (C=O) groups excluding carboxylic acids is 1. The predicted octanol–water partition coefficient (Wildman–Crippen LogP) is 4.60. The van der Waals surface area contributed by atoms with Crippen molar-refractivity contribution in [1.29, 1.82) is 0 Å². The predicted molar refractivity (Wildman–Crippen MR) is 110 cm³/mol. The summed E-state index contributed by atoms with van der Waals surface area (Å²) in [4.78, 5) is 13.1. The molecule has 0 saturated heterocycles. The molecule has 1 aliphatic carbocycles. The topological polar surface area (TPSA) is 41.1 Å². The molecule has 2 aliphatic rings. The minimum atomic E-state index is -0.362. The van der Waals surface area contributed by atoms with Crippen LogP contribution in [-0.4, -0.2) is 5.91 Å².